The number of hydrogen-bond acceptors (Lipinski definition) is 4. The number of imide groups is 1. The zero-order valence-electron chi connectivity index (χ0n) is 17.2. The SMILES string of the molecule is Cc1cccc(CN2C(=O)S/C(=C\c3cccc(OCc4ccc(Cl)cc4Cl)c3)C2=O)c1. The Morgan fingerprint density at radius 1 is 1.00 bits per heavy atom. The molecular formula is C25H19Cl2NO3S. The number of nitrogens with zero attached hydrogens (tertiary/aromatic N) is 1. The van der Waals surface area contributed by atoms with Gasteiger partial charge in [-0.15, -0.1) is 0 Å². The van der Waals surface area contributed by atoms with Gasteiger partial charge < -0.3 is 4.74 Å². The summed E-state index contributed by atoms with van der Waals surface area (Å²) in [6, 6.07) is 20.4. The summed E-state index contributed by atoms with van der Waals surface area (Å²) in [5, 5.41) is 0.834. The molecule has 1 aliphatic heterocycles. The van der Waals surface area contributed by atoms with Crippen molar-refractivity contribution in [1.29, 1.82) is 0 Å². The number of carbonyl (C=O) groups excluding carboxylic acids is 2. The van der Waals surface area contributed by atoms with Gasteiger partial charge in [0.05, 0.1) is 11.4 Å². The summed E-state index contributed by atoms with van der Waals surface area (Å²) in [4.78, 5) is 26.9. The highest BCUT2D eigenvalue weighted by Gasteiger charge is 2.34. The molecule has 0 saturated carbocycles. The molecule has 1 heterocycles. The van der Waals surface area contributed by atoms with E-state index in [-0.39, 0.29) is 24.3 Å². The number of amides is 2. The zero-order chi connectivity index (χ0) is 22.7. The summed E-state index contributed by atoms with van der Waals surface area (Å²) in [5.41, 5.74) is 3.59. The van der Waals surface area contributed by atoms with Gasteiger partial charge in [-0.05, 0) is 60.2 Å². The van der Waals surface area contributed by atoms with Crippen molar-refractivity contribution in [3.8, 4) is 5.75 Å². The molecule has 3 aromatic rings. The molecule has 0 aromatic heterocycles. The molecule has 3 aromatic carbocycles. The first-order valence-corrected chi connectivity index (χ1v) is 11.4. The van der Waals surface area contributed by atoms with Crippen LogP contribution < -0.4 is 4.74 Å². The average molecular weight is 484 g/mol. The van der Waals surface area contributed by atoms with Gasteiger partial charge in [0.25, 0.3) is 11.1 Å². The van der Waals surface area contributed by atoms with E-state index in [1.165, 1.54) is 4.90 Å². The van der Waals surface area contributed by atoms with Gasteiger partial charge in [0.2, 0.25) is 0 Å². The fourth-order valence-electron chi connectivity index (χ4n) is 3.27. The first-order chi connectivity index (χ1) is 15.4. The van der Waals surface area contributed by atoms with Gasteiger partial charge in [0, 0.05) is 15.6 Å². The Labute approximate surface area is 200 Å². The minimum Gasteiger partial charge on any atom is -0.489 e. The Kier molecular flexibility index (Phi) is 6.89. The lowest BCUT2D eigenvalue weighted by molar-refractivity contribution is -0.123. The third-order valence-corrected chi connectivity index (χ3v) is 6.36. The van der Waals surface area contributed by atoms with Crippen molar-refractivity contribution in [3.63, 3.8) is 0 Å². The topological polar surface area (TPSA) is 46.6 Å². The zero-order valence-corrected chi connectivity index (χ0v) is 19.5. The van der Waals surface area contributed by atoms with E-state index in [0.29, 0.717) is 20.7 Å². The molecule has 0 radical (unpaired) electrons. The van der Waals surface area contributed by atoms with Crippen LogP contribution >= 0.6 is 35.0 Å². The highest BCUT2D eigenvalue weighted by atomic mass is 35.5. The van der Waals surface area contributed by atoms with Crippen LogP contribution in [0.3, 0.4) is 0 Å². The maximum Gasteiger partial charge on any atom is 0.293 e. The van der Waals surface area contributed by atoms with Crippen molar-refractivity contribution in [3.05, 3.63) is 104 Å². The van der Waals surface area contributed by atoms with Crippen LogP contribution in [0.25, 0.3) is 6.08 Å². The lowest BCUT2D eigenvalue weighted by atomic mass is 10.1. The highest BCUT2D eigenvalue weighted by molar-refractivity contribution is 8.18. The van der Waals surface area contributed by atoms with E-state index in [1.54, 1.807) is 18.2 Å². The quantitative estimate of drug-likeness (QED) is 0.350. The van der Waals surface area contributed by atoms with Crippen molar-refractivity contribution < 1.29 is 14.3 Å². The Bertz CT molecular complexity index is 1230. The normalized spacial score (nSPS) is 15.0. The molecule has 1 fully saturated rings. The van der Waals surface area contributed by atoms with Gasteiger partial charge >= 0.3 is 0 Å². The smallest absolute Gasteiger partial charge is 0.293 e. The van der Waals surface area contributed by atoms with E-state index in [9.17, 15) is 9.59 Å². The van der Waals surface area contributed by atoms with Crippen LogP contribution in [0.5, 0.6) is 5.75 Å². The van der Waals surface area contributed by atoms with E-state index in [4.69, 9.17) is 27.9 Å². The number of halogens is 2. The molecule has 32 heavy (non-hydrogen) atoms. The molecule has 0 atom stereocenters. The second kappa shape index (κ2) is 9.82. The Balaban J connectivity index is 1.46. The molecule has 4 rings (SSSR count). The molecule has 0 bridgehead atoms. The second-order valence-corrected chi connectivity index (χ2v) is 9.19. The molecule has 162 valence electrons. The fraction of sp³-hybridized carbons (Fsp3) is 0.120. The van der Waals surface area contributed by atoms with Gasteiger partial charge in [0.1, 0.15) is 12.4 Å². The van der Waals surface area contributed by atoms with E-state index in [0.717, 1.165) is 34.0 Å². The second-order valence-electron chi connectivity index (χ2n) is 7.35. The van der Waals surface area contributed by atoms with Crippen molar-refractivity contribution in [1.82, 2.24) is 4.90 Å². The van der Waals surface area contributed by atoms with E-state index in [1.807, 2.05) is 61.5 Å². The molecule has 0 spiro atoms. The van der Waals surface area contributed by atoms with Crippen LogP contribution in [0.1, 0.15) is 22.3 Å². The maximum atomic E-state index is 12.8. The summed E-state index contributed by atoms with van der Waals surface area (Å²) >= 11 is 13.1. The molecule has 1 saturated heterocycles. The van der Waals surface area contributed by atoms with Crippen molar-refractivity contribution in [2.45, 2.75) is 20.1 Å². The fourth-order valence-corrected chi connectivity index (χ4v) is 4.58. The van der Waals surface area contributed by atoms with Crippen molar-refractivity contribution in [2.75, 3.05) is 0 Å². The third kappa shape index (κ3) is 5.36. The number of hydrogen-bond donors (Lipinski definition) is 0. The Morgan fingerprint density at radius 3 is 2.59 bits per heavy atom. The minimum atomic E-state index is -0.291. The van der Waals surface area contributed by atoms with Crippen LogP contribution in [-0.2, 0) is 17.9 Å². The number of benzene rings is 3. The van der Waals surface area contributed by atoms with Gasteiger partial charge in [-0.2, -0.15) is 0 Å². The number of thioether (sulfide) groups is 1. The molecule has 4 nitrogen and oxygen atoms in total. The molecular weight excluding hydrogens is 465 g/mol. The summed E-state index contributed by atoms with van der Waals surface area (Å²) < 4.78 is 5.85. The highest BCUT2D eigenvalue weighted by Crippen LogP contribution is 2.34. The summed E-state index contributed by atoms with van der Waals surface area (Å²) in [6.45, 7) is 2.52. The predicted molar refractivity (Wildman–Crippen MR) is 130 cm³/mol. The van der Waals surface area contributed by atoms with Gasteiger partial charge in [-0.25, -0.2) is 0 Å². The first-order valence-electron chi connectivity index (χ1n) is 9.87. The van der Waals surface area contributed by atoms with Crippen LogP contribution in [-0.4, -0.2) is 16.0 Å². The average Bonchev–Trinajstić information content (AvgIpc) is 3.01. The molecule has 0 N–H and O–H groups in total. The predicted octanol–water partition coefficient (Wildman–Crippen LogP) is 7.12. The van der Waals surface area contributed by atoms with E-state index in [2.05, 4.69) is 0 Å². The van der Waals surface area contributed by atoms with Crippen LogP contribution in [0, 0.1) is 6.92 Å². The summed E-state index contributed by atoms with van der Waals surface area (Å²) in [5.74, 6) is 0.338. The van der Waals surface area contributed by atoms with Gasteiger partial charge in [0.15, 0.2) is 0 Å². The minimum absolute atomic E-state index is 0.259. The molecule has 1 aliphatic rings. The van der Waals surface area contributed by atoms with Crippen LogP contribution in [0.2, 0.25) is 10.0 Å². The van der Waals surface area contributed by atoms with Gasteiger partial charge in [-0.3, -0.25) is 14.5 Å². The van der Waals surface area contributed by atoms with E-state index >= 15 is 0 Å². The van der Waals surface area contributed by atoms with Crippen molar-refractivity contribution >= 4 is 52.2 Å². The van der Waals surface area contributed by atoms with Crippen LogP contribution in [0.4, 0.5) is 4.79 Å². The molecule has 2 amide bonds. The number of aryl methyl sites for hydroxylation is 1. The number of ether oxygens (including phenoxy) is 1. The molecule has 7 heteroatoms. The van der Waals surface area contributed by atoms with Crippen molar-refractivity contribution in [2.24, 2.45) is 0 Å². The van der Waals surface area contributed by atoms with Gasteiger partial charge in [-0.1, -0.05) is 71.2 Å². The standard InChI is InChI=1S/C25H19Cl2NO3S/c1-16-4-2-6-18(10-16)14-28-24(29)23(32-25(28)30)12-17-5-3-7-21(11-17)31-15-19-8-9-20(26)13-22(19)27/h2-13H,14-15H2,1H3/b23-12-. The lowest BCUT2D eigenvalue weighted by Gasteiger charge is -2.12. The number of carbonyl (C=O) groups is 2. The molecule has 0 unspecified atom stereocenters. The van der Waals surface area contributed by atoms with E-state index < -0.39 is 0 Å². The maximum absolute atomic E-state index is 12.8. The summed E-state index contributed by atoms with van der Waals surface area (Å²) in [6.07, 6.45) is 1.71. The largest absolute Gasteiger partial charge is 0.489 e. The summed E-state index contributed by atoms with van der Waals surface area (Å²) in [7, 11) is 0. The van der Waals surface area contributed by atoms with Crippen LogP contribution in [0.15, 0.2) is 71.6 Å². The number of rotatable bonds is 6. The molecule has 0 aliphatic carbocycles. The third-order valence-electron chi connectivity index (χ3n) is 4.86. The lowest BCUT2D eigenvalue weighted by Crippen LogP contribution is -2.27. The Morgan fingerprint density at radius 2 is 1.81 bits per heavy atom. The monoisotopic (exact) mass is 483 g/mol. The Hall–Kier alpha value is -2.73. The first kappa shape index (κ1) is 22.5.